The van der Waals surface area contributed by atoms with Crippen LogP contribution >= 0.6 is 11.3 Å². The highest BCUT2D eigenvalue weighted by molar-refractivity contribution is 7.13. The first-order valence-corrected chi connectivity index (χ1v) is 6.63. The number of ketones is 1. The molecule has 3 N–H and O–H groups in total. The third-order valence-corrected chi connectivity index (χ3v) is 2.94. The molecule has 1 heterocycles. The van der Waals surface area contributed by atoms with Crippen molar-refractivity contribution in [2.45, 2.75) is 32.3 Å². The van der Waals surface area contributed by atoms with Gasteiger partial charge in [0.05, 0.1) is 0 Å². The van der Waals surface area contributed by atoms with E-state index in [9.17, 15) is 14.4 Å². The third kappa shape index (κ3) is 5.04. The molecular weight excluding hydrogens is 270 g/mol. The summed E-state index contributed by atoms with van der Waals surface area (Å²) in [6.07, 6.45) is 1.01. The molecule has 0 spiro atoms. The highest BCUT2D eigenvalue weighted by Gasteiger charge is 2.28. The number of unbranched alkanes of at least 4 members (excludes halogenated alkanes) is 1. The van der Waals surface area contributed by atoms with Gasteiger partial charge < -0.3 is 10.5 Å². The molecule has 0 aromatic carbocycles. The minimum absolute atomic E-state index is 0.267. The van der Waals surface area contributed by atoms with Crippen LogP contribution in [-0.4, -0.2) is 28.9 Å². The topological polar surface area (TPSA) is 111 Å². The molecule has 19 heavy (non-hydrogen) atoms. The first kappa shape index (κ1) is 15.1. The summed E-state index contributed by atoms with van der Waals surface area (Å²) >= 11 is 1.18. The molecule has 0 aliphatic rings. The Bertz CT molecular complexity index is 447. The van der Waals surface area contributed by atoms with Crippen molar-refractivity contribution < 1.29 is 19.1 Å². The van der Waals surface area contributed by atoms with Gasteiger partial charge in [0.25, 0.3) is 11.7 Å². The number of Topliss-reactive ketones (excluding diaryl/α,β-unsaturated/α-hetero) is 1. The number of amides is 2. The summed E-state index contributed by atoms with van der Waals surface area (Å²) < 4.78 is 4.67. The Morgan fingerprint density at radius 3 is 2.79 bits per heavy atom. The quantitative estimate of drug-likeness (QED) is 0.733. The van der Waals surface area contributed by atoms with Gasteiger partial charge in [-0.05, 0) is 12.8 Å². The SMILES string of the molecule is CCCCC(OC(N)=O)C(=O)C(=O)Nc1nccs1. The Kier molecular flexibility index (Phi) is 5.94. The van der Waals surface area contributed by atoms with E-state index in [1.807, 2.05) is 6.92 Å². The predicted molar refractivity (Wildman–Crippen MR) is 69.7 cm³/mol. The van der Waals surface area contributed by atoms with Crippen molar-refractivity contribution in [3.63, 3.8) is 0 Å². The molecule has 1 aromatic rings. The molecule has 0 aliphatic carbocycles. The van der Waals surface area contributed by atoms with Gasteiger partial charge in [-0.1, -0.05) is 13.3 Å². The minimum atomic E-state index is -1.14. The maximum absolute atomic E-state index is 11.8. The fraction of sp³-hybridized carbons (Fsp3) is 0.455. The standard InChI is InChI=1S/C11H15N3O4S/c1-2-3-4-7(18-10(12)17)8(15)9(16)14-11-13-5-6-19-11/h5-7H,2-4H2,1H3,(H2,12,17)(H,13,14,16). The second-order valence-corrected chi connectivity index (χ2v) is 4.62. The fourth-order valence-electron chi connectivity index (χ4n) is 1.36. The number of anilines is 1. The van der Waals surface area contributed by atoms with Crippen LogP contribution in [-0.2, 0) is 14.3 Å². The van der Waals surface area contributed by atoms with Crippen LogP contribution in [0.1, 0.15) is 26.2 Å². The highest BCUT2D eigenvalue weighted by Crippen LogP contribution is 2.12. The van der Waals surface area contributed by atoms with Gasteiger partial charge in [0.1, 0.15) is 0 Å². The molecule has 0 saturated heterocycles. The zero-order valence-corrected chi connectivity index (χ0v) is 11.2. The number of rotatable bonds is 7. The Morgan fingerprint density at radius 2 is 2.26 bits per heavy atom. The lowest BCUT2D eigenvalue weighted by Gasteiger charge is -2.14. The molecule has 8 heteroatoms. The average molecular weight is 285 g/mol. The highest BCUT2D eigenvalue weighted by atomic mass is 32.1. The smallest absolute Gasteiger partial charge is 0.405 e. The van der Waals surface area contributed by atoms with E-state index in [0.29, 0.717) is 11.6 Å². The van der Waals surface area contributed by atoms with Crippen molar-refractivity contribution >= 4 is 34.3 Å². The van der Waals surface area contributed by atoms with Gasteiger partial charge in [-0.2, -0.15) is 0 Å². The molecule has 1 aromatic heterocycles. The van der Waals surface area contributed by atoms with E-state index in [1.165, 1.54) is 17.5 Å². The minimum Gasteiger partial charge on any atom is -0.438 e. The summed E-state index contributed by atoms with van der Waals surface area (Å²) in [7, 11) is 0. The molecule has 1 atom stereocenters. The normalized spacial score (nSPS) is 11.6. The summed E-state index contributed by atoms with van der Waals surface area (Å²) in [6, 6.07) is 0. The summed E-state index contributed by atoms with van der Waals surface area (Å²) in [6.45, 7) is 1.92. The number of thiazole rings is 1. The number of nitrogens with zero attached hydrogens (tertiary/aromatic N) is 1. The summed E-state index contributed by atoms with van der Waals surface area (Å²) in [5.74, 6) is -1.69. The van der Waals surface area contributed by atoms with E-state index in [4.69, 9.17) is 5.73 Å². The van der Waals surface area contributed by atoms with Crippen LogP contribution in [0.4, 0.5) is 9.93 Å². The first-order valence-electron chi connectivity index (χ1n) is 5.75. The lowest BCUT2D eigenvalue weighted by atomic mass is 10.1. The largest absolute Gasteiger partial charge is 0.438 e. The van der Waals surface area contributed by atoms with Crippen LogP contribution in [0.5, 0.6) is 0 Å². The van der Waals surface area contributed by atoms with Crippen LogP contribution in [0.2, 0.25) is 0 Å². The molecule has 7 nitrogen and oxygen atoms in total. The van der Waals surface area contributed by atoms with E-state index in [-0.39, 0.29) is 6.42 Å². The molecule has 0 aliphatic heterocycles. The van der Waals surface area contributed by atoms with Gasteiger partial charge in [0, 0.05) is 11.6 Å². The molecule has 0 bridgehead atoms. The van der Waals surface area contributed by atoms with E-state index >= 15 is 0 Å². The van der Waals surface area contributed by atoms with E-state index in [1.54, 1.807) is 5.38 Å². The number of hydrogen-bond acceptors (Lipinski definition) is 6. The molecule has 0 saturated carbocycles. The van der Waals surface area contributed by atoms with Crippen molar-refractivity contribution in [2.75, 3.05) is 5.32 Å². The maximum Gasteiger partial charge on any atom is 0.405 e. The van der Waals surface area contributed by atoms with Gasteiger partial charge >= 0.3 is 6.09 Å². The molecule has 1 rings (SSSR count). The number of nitrogens with one attached hydrogen (secondary N) is 1. The number of carbonyl (C=O) groups is 3. The number of hydrogen-bond donors (Lipinski definition) is 2. The Morgan fingerprint density at radius 1 is 1.53 bits per heavy atom. The first-order chi connectivity index (χ1) is 9.04. The summed E-state index contributed by atoms with van der Waals surface area (Å²) in [5, 5.41) is 4.31. The second-order valence-electron chi connectivity index (χ2n) is 3.72. The Hall–Kier alpha value is -1.96. The van der Waals surface area contributed by atoms with Crippen LogP contribution in [0.15, 0.2) is 11.6 Å². The van der Waals surface area contributed by atoms with E-state index in [0.717, 1.165) is 6.42 Å². The molecule has 0 radical (unpaired) electrons. The van der Waals surface area contributed by atoms with Crippen molar-refractivity contribution in [3.8, 4) is 0 Å². The van der Waals surface area contributed by atoms with Crippen LogP contribution < -0.4 is 11.1 Å². The summed E-state index contributed by atoms with van der Waals surface area (Å²) in [4.78, 5) is 38.1. The lowest BCUT2D eigenvalue weighted by molar-refractivity contribution is -0.140. The predicted octanol–water partition coefficient (Wildman–Crippen LogP) is 1.30. The van der Waals surface area contributed by atoms with E-state index in [2.05, 4.69) is 15.0 Å². The molecule has 2 amide bonds. The average Bonchev–Trinajstić information content (AvgIpc) is 2.85. The molecule has 0 fully saturated rings. The molecular formula is C11H15N3O4S. The fourth-order valence-corrected chi connectivity index (χ4v) is 1.89. The maximum atomic E-state index is 11.8. The number of ether oxygens (including phenoxy) is 1. The zero-order valence-electron chi connectivity index (χ0n) is 10.4. The zero-order chi connectivity index (χ0) is 14.3. The van der Waals surface area contributed by atoms with Gasteiger partial charge in [-0.3, -0.25) is 14.9 Å². The van der Waals surface area contributed by atoms with Crippen LogP contribution in [0.25, 0.3) is 0 Å². The van der Waals surface area contributed by atoms with Crippen molar-refractivity contribution in [1.29, 1.82) is 0 Å². The van der Waals surface area contributed by atoms with Gasteiger partial charge in [0.15, 0.2) is 11.2 Å². The Labute approximate surface area is 114 Å². The Balaban J connectivity index is 2.63. The van der Waals surface area contributed by atoms with Gasteiger partial charge in [0.2, 0.25) is 0 Å². The molecule has 1 unspecified atom stereocenters. The van der Waals surface area contributed by atoms with Crippen molar-refractivity contribution in [2.24, 2.45) is 5.73 Å². The monoisotopic (exact) mass is 285 g/mol. The number of primary amides is 1. The molecule has 104 valence electrons. The van der Waals surface area contributed by atoms with Crippen molar-refractivity contribution in [1.82, 2.24) is 4.98 Å². The second kappa shape index (κ2) is 7.47. The number of nitrogens with two attached hydrogens (primary N) is 1. The number of carbonyl (C=O) groups excluding carboxylic acids is 3. The van der Waals surface area contributed by atoms with Gasteiger partial charge in [-0.15, -0.1) is 11.3 Å². The number of aromatic nitrogens is 1. The van der Waals surface area contributed by atoms with Crippen molar-refractivity contribution in [3.05, 3.63) is 11.6 Å². The van der Waals surface area contributed by atoms with E-state index < -0.39 is 23.9 Å². The van der Waals surface area contributed by atoms with Crippen LogP contribution in [0.3, 0.4) is 0 Å². The summed E-state index contributed by atoms with van der Waals surface area (Å²) in [5.41, 5.74) is 4.88. The van der Waals surface area contributed by atoms with Gasteiger partial charge in [-0.25, -0.2) is 9.78 Å². The lowest BCUT2D eigenvalue weighted by Crippen LogP contribution is -2.37. The van der Waals surface area contributed by atoms with Crippen LogP contribution in [0, 0.1) is 0 Å². The third-order valence-electron chi connectivity index (χ3n) is 2.25.